The number of nitrogens with zero attached hydrogens (tertiary/aromatic N) is 3. The molecule has 2 unspecified atom stereocenters. The topological polar surface area (TPSA) is 112 Å². The molecule has 0 spiro atoms. The average molecular weight is 351 g/mol. The lowest BCUT2D eigenvalue weighted by Gasteiger charge is -2.19. The molecule has 3 aromatic rings. The first-order chi connectivity index (χ1) is 12.5. The van der Waals surface area contributed by atoms with E-state index in [0.29, 0.717) is 28.8 Å². The van der Waals surface area contributed by atoms with Crippen LogP contribution in [0.2, 0.25) is 0 Å². The van der Waals surface area contributed by atoms with Gasteiger partial charge in [-0.3, -0.25) is 20.2 Å². The molecule has 2 aliphatic rings. The summed E-state index contributed by atoms with van der Waals surface area (Å²) in [4.78, 5) is 25.8. The summed E-state index contributed by atoms with van der Waals surface area (Å²) in [5.74, 6) is 0.736. The normalized spacial score (nSPS) is 20.5. The lowest BCUT2D eigenvalue weighted by molar-refractivity contribution is -0.401. The van der Waals surface area contributed by atoms with Gasteiger partial charge in [0.15, 0.2) is 5.76 Å². The van der Waals surface area contributed by atoms with E-state index in [0.717, 1.165) is 35.8 Å². The Morgan fingerprint density at radius 2 is 1.77 bits per heavy atom. The van der Waals surface area contributed by atoms with E-state index in [1.54, 1.807) is 18.2 Å². The number of nitro groups is 2. The van der Waals surface area contributed by atoms with Crippen LogP contribution in [0.3, 0.4) is 0 Å². The third kappa shape index (κ3) is 1.98. The molecule has 2 aromatic heterocycles. The van der Waals surface area contributed by atoms with E-state index in [1.165, 1.54) is 12.1 Å². The Kier molecular flexibility index (Phi) is 2.95. The first-order valence-corrected chi connectivity index (χ1v) is 8.39. The third-order valence-electron chi connectivity index (χ3n) is 5.51. The van der Waals surface area contributed by atoms with E-state index in [1.807, 2.05) is 0 Å². The molecule has 2 aliphatic carbocycles. The molecule has 0 N–H and O–H groups in total. The van der Waals surface area contributed by atoms with Crippen LogP contribution in [0.25, 0.3) is 22.4 Å². The summed E-state index contributed by atoms with van der Waals surface area (Å²) in [5, 5.41) is 22.9. The molecule has 0 amide bonds. The highest BCUT2D eigenvalue weighted by Crippen LogP contribution is 2.57. The molecule has 0 aliphatic heterocycles. The molecule has 2 heterocycles. The van der Waals surface area contributed by atoms with E-state index in [9.17, 15) is 20.2 Å². The molecular weight excluding hydrogens is 338 g/mol. The maximum absolute atomic E-state index is 11.2. The fourth-order valence-corrected chi connectivity index (χ4v) is 4.50. The molecule has 130 valence electrons. The van der Waals surface area contributed by atoms with Crippen LogP contribution in [-0.4, -0.2) is 14.8 Å². The maximum Gasteiger partial charge on any atom is 0.433 e. The summed E-state index contributed by atoms with van der Waals surface area (Å²) >= 11 is 0. The van der Waals surface area contributed by atoms with E-state index >= 15 is 0 Å². The van der Waals surface area contributed by atoms with E-state index in [-0.39, 0.29) is 11.6 Å². The van der Waals surface area contributed by atoms with Crippen molar-refractivity contribution in [2.45, 2.75) is 31.1 Å². The van der Waals surface area contributed by atoms with Gasteiger partial charge in [-0.05, 0) is 54.4 Å². The van der Waals surface area contributed by atoms with Crippen molar-refractivity contribution in [2.24, 2.45) is 0 Å². The van der Waals surface area contributed by atoms with Crippen LogP contribution in [0.5, 0.6) is 0 Å². The van der Waals surface area contributed by atoms with Crippen molar-refractivity contribution >= 4 is 22.5 Å². The fraction of sp³-hybridized carbons (Fsp3) is 0.278. The maximum atomic E-state index is 11.2. The largest absolute Gasteiger partial charge is 0.433 e. The van der Waals surface area contributed by atoms with E-state index in [4.69, 9.17) is 4.42 Å². The summed E-state index contributed by atoms with van der Waals surface area (Å²) in [6.45, 7) is 0. The van der Waals surface area contributed by atoms with Crippen molar-refractivity contribution < 1.29 is 14.3 Å². The second kappa shape index (κ2) is 5.10. The minimum Gasteiger partial charge on any atom is -0.399 e. The smallest absolute Gasteiger partial charge is 0.399 e. The van der Waals surface area contributed by atoms with Crippen LogP contribution < -0.4 is 0 Å². The molecule has 1 aromatic carbocycles. The zero-order chi connectivity index (χ0) is 18.0. The van der Waals surface area contributed by atoms with Crippen molar-refractivity contribution in [3.05, 3.63) is 61.7 Å². The SMILES string of the molecule is O=[N+]([O-])c1ccc2nc(-c3ccc([N+](=O)[O-])o3)c3c(c2c1)C1CCC3C1. The minimum absolute atomic E-state index is 0.0469. The number of aromatic nitrogens is 1. The second-order valence-corrected chi connectivity index (χ2v) is 6.85. The van der Waals surface area contributed by atoms with Gasteiger partial charge in [-0.1, -0.05) is 0 Å². The fourth-order valence-electron chi connectivity index (χ4n) is 4.50. The molecule has 1 saturated carbocycles. The predicted octanol–water partition coefficient (Wildman–Crippen LogP) is 4.68. The van der Waals surface area contributed by atoms with Crippen molar-refractivity contribution in [1.82, 2.24) is 4.98 Å². The number of hydrogen-bond donors (Lipinski definition) is 0. The molecule has 0 radical (unpaired) electrons. The van der Waals surface area contributed by atoms with E-state index in [2.05, 4.69) is 4.98 Å². The lowest BCUT2D eigenvalue weighted by Crippen LogP contribution is -2.04. The van der Waals surface area contributed by atoms with Gasteiger partial charge in [-0.2, -0.15) is 0 Å². The average Bonchev–Trinajstić information content (AvgIpc) is 3.36. The molecule has 0 saturated heterocycles. The zero-order valence-electron chi connectivity index (χ0n) is 13.5. The first-order valence-electron chi connectivity index (χ1n) is 8.39. The number of nitro benzene ring substituents is 1. The summed E-state index contributed by atoms with van der Waals surface area (Å²) in [5.41, 5.74) is 3.46. The number of benzene rings is 1. The van der Waals surface area contributed by atoms with Crippen molar-refractivity contribution in [2.75, 3.05) is 0 Å². The number of fused-ring (bicyclic) bond motifs is 7. The van der Waals surface area contributed by atoms with Crippen molar-refractivity contribution in [3.63, 3.8) is 0 Å². The van der Waals surface area contributed by atoms with Crippen LogP contribution in [0.15, 0.2) is 34.7 Å². The van der Waals surface area contributed by atoms with Crippen LogP contribution in [0, 0.1) is 20.2 Å². The first kappa shape index (κ1) is 15.0. The molecular formula is C18H13N3O5. The Balaban J connectivity index is 1.80. The van der Waals surface area contributed by atoms with Gasteiger partial charge in [0.2, 0.25) is 0 Å². The third-order valence-corrected chi connectivity index (χ3v) is 5.51. The number of furan rings is 1. The Labute approximate surface area is 146 Å². The lowest BCUT2D eigenvalue weighted by atomic mass is 9.87. The number of pyridine rings is 1. The Morgan fingerprint density at radius 1 is 1.00 bits per heavy atom. The molecule has 26 heavy (non-hydrogen) atoms. The highest BCUT2D eigenvalue weighted by Gasteiger charge is 2.41. The highest BCUT2D eigenvalue weighted by molar-refractivity contribution is 5.90. The van der Waals surface area contributed by atoms with Gasteiger partial charge in [0.25, 0.3) is 5.69 Å². The van der Waals surface area contributed by atoms with Gasteiger partial charge in [0, 0.05) is 17.5 Å². The standard InChI is InChI=1S/C18H13N3O5/c22-20(23)11-3-4-13-12(8-11)16-9-1-2-10(7-9)17(16)18(19-13)14-5-6-15(26-14)21(24)25/h3-6,8-10H,1-2,7H2. The van der Waals surface area contributed by atoms with Crippen molar-refractivity contribution in [1.29, 1.82) is 0 Å². The Bertz CT molecular complexity index is 1100. The Hall–Kier alpha value is -3.29. The van der Waals surface area contributed by atoms with Gasteiger partial charge in [-0.15, -0.1) is 0 Å². The van der Waals surface area contributed by atoms with Crippen LogP contribution >= 0.6 is 0 Å². The monoisotopic (exact) mass is 351 g/mol. The Morgan fingerprint density at radius 3 is 2.46 bits per heavy atom. The predicted molar refractivity (Wildman–Crippen MR) is 92.1 cm³/mol. The summed E-state index contributed by atoms with van der Waals surface area (Å²) < 4.78 is 5.41. The zero-order valence-corrected chi connectivity index (χ0v) is 13.5. The van der Waals surface area contributed by atoms with Gasteiger partial charge in [0.05, 0.1) is 16.5 Å². The molecule has 1 fully saturated rings. The number of hydrogen-bond acceptors (Lipinski definition) is 6. The van der Waals surface area contributed by atoms with Gasteiger partial charge < -0.3 is 4.42 Å². The second-order valence-electron chi connectivity index (χ2n) is 6.85. The number of rotatable bonds is 3. The summed E-state index contributed by atoms with van der Waals surface area (Å²) in [6, 6.07) is 7.57. The van der Waals surface area contributed by atoms with Gasteiger partial charge in [-0.25, -0.2) is 4.98 Å². The summed E-state index contributed by atoms with van der Waals surface area (Å²) in [7, 11) is 0. The molecule has 2 atom stereocenters. The van der Waals surface area contributed by atoms with Crippen LogP contribution in [-0.2, 0) is 0 Å². The minimum atomic E-state index is -0.569. The molecule has 5 rings (SSSR count). The van der Waals surface area contributed by atoms with Crippen molar-refractivity contribution in [3.8, 4) is 11.5 Å². The summed E-state index contributed by atoms with van der Waals surface area (Å²) in [6.07, 6.45) is 3.08. The van der Waals surface area contributed by atoms with Crippen LogP contribution in [0.1, 0.15) is 42.2 Å². The van der Waals surface area contributed by atoms with Gasteiger partial charge in [0.1, 0.15) is 10.6 Å². The molecule has 8 nitrogen and oxygen atoms in total. The molecule has 2 bridgehead atoms. The van der Waals surface area contributed by atoms with E-state index < -0.39 is 9.85 Å². The van der Waals surface area contributed by atoms with Gasteiger partial charge >= 0.3 is 5.88 Å². The number of non-ortho nitro benzene ring substituents is 1. The quantitative estimate of drug-likeness (QED) is 0.500. The van der Waals surface area contributed by atoms with Crippen LogP contribution in [0.4, 0.5) is 11.6 Å². The highest BCUT2D eigenvalue weighted by atomic mass is 16.6. The molecule has 8 heteroatoms.